The molecule has 2 rings (SSSR count). The third-order valence-corrected chi connectivity index (χ3v) is 2.03. The van der Waals surface area contributed by atoms with Gasteiger partial charge < -0.3 is 4.57 Å². The van der Waals surface area contributed by atoms with Crippen LogP contribution in [0.4, 0.5) is 0 Å². The fourth-order valence-electron chi connectivity index (χ4n) is 1.28. The van der Waals surface area contributed by atoms with Gasteiger partial charge in [-0.25, -0.2) is 9.97 Å². The molecule has 13 heavy (non-hydrogen) atoms. The monoisotopic (exact) mass is 175 g/mol. The summed E-state index contributed by atoms with van der Waals surface area (Å²) in [7, 11) is 1.68. The first-order chi connectivity index (χ1) is 6.20. The largest absolute Gasteiger partial charge is 0.302 e. The molecule has 0 aliphatic rings. The Kier molecular flexibility index (Phi) is 1.62. The molecule has 4 nitrogen and oxygen atoms in total. The van der Waals surface area contributed by atoms with Crippen molar-refractivity contribution >= 4 is 11.0 Å². The van der Waals surface area contributed by atoms with Crippen molar-refractivity contribution in [1.82, 2.24) is 14.5 Å². The molecule has 2 heterocycles. The highest BCUT2D eigenvalue weighted by atomic mass is 16.1. The highest BCUT2D eigenvalue weighted by Gasteiger charge is 2.04. The Labute approximate surface area is 74.9 Å². The Morgan fingerprint density at radius 3 is 2.92 bits per heavy atom. The summed E-state index contributed by atoms with van der Waals surface area (Å²) in [6.07, 6.45) is 3.14. The average molecular weight is 175 g/mol. The maximum Gasteiger partial charge on any atom is 0.262 e. The lowest BCUT2D eigenvalue weighted by molar-refractivity contribution is 0.838. The van der Waals surface area contributed by atoms with Gasteiger partial charge >= 0.3 is 0 Å². The topological polar surface area (TPSA) is 47.8 Å². The van der Waals surface area contributed by atoms with Crippen molar-refractivity contribution in [3.63, 3.8) is 0 Å². The van der Waals surface area contributed by atoms with Crippen molar-refractivity contribution in [3.8, 4) is 0 Å². The molecule has 0 radical (unpaired) electrons. The fraction of sp³-hybridized carbons (Fsp3) is 0.222. The highest BCUT2D eigenvalue weighted by molar-refractivity contribution is 5.76. The van der Waals surface area contributed by atoms with Gasteiger partial charge in [0.15, 0.2) is 5.65 Å². The van der Waals surface area contributed by atoms with Gasteiger partial charge in [0.05, 0.1) is 11.7 Å². The van der Waals surface area contributed by atoms with Crippen molar-refractivity contribution in [2.24, 2.45) is 7.05 Å². The Morgan fingerprint density at radius 2 is 2.15 bits per heavy atom. The van der Waals surface area contributed by atoms with Crippen LogP contribution in [0, 0.1) is 6.92 Å². The third kappa shape index (κ3) is 1.11. The normalized spacial score (nSPS) is 10.6. The van der Waals surface area contributed by atoms with Crippen molar-refractivity contribution in [2.45, 2.75) is 6.92 Å². The van der Waals surface area contributed by atoms with E-state index in [0.29, 0.717) is 11.0 Å². The number of fused-ring (bicyclic) bond motifs is 1. The summed E-state index contributed by atoms with van der Waals surface area (Å²) < 4.78 is 1.46. The predicted molar refractivity (Wildman–Crippen MR) is 49.5 cm³/mol. The Balaban J connectivity index is 3.06. The molecule has 0 amide bonds. The van der Waals surface area contributed by atoms with E-state index in [2.05, 4.69) is 9.97 Å². The second-order valence-electron chi connectivity index (χ2n) is 2.99. The van der Waals surface area contributed by atoms with E-state index < -0.39 is 0 Å². The molecule has 66 valence electrons. The van der Waals surface area contributed by atoms with Crippen LogP contribution in [0.5, 0.6) is 0 Å². The van der Waals surface area contributed by atoms with Crippen LogP contribution in [0.25, 0.3) is 11.0 Å². The molecule has 0 aliphatic carbocycles. The van der Waals surface area contributed by atoms with Gasteiger partial charge in [0.2, 0.25) is 0 Å². The minimum Gasteiger partial charge on any atom is -0.302 e. The fourth-order valence-corrected chi connectivity index (χ4v) is 1.28. The van der Waals surface area contributed by atoms with E-state index in [9.17, 15) is 4.79 Å². The highest BCUT2D eigenvalue weighted by Crippen LogP contribution is 2.07. The summed E-state index contributed by atoms with van der Waals surface area (Å²) in [4.78, 5) is 19.7. The number of hydrogen-bond donors (Lipinski definition) is 0. The molecule has 0 N–H and O–H groups in total. The molecule has 0 fully saturated rings. The van der Waals surface area contributed by atoms with Gasteiger partial charge in [-0.05, 0) is 18.6 Å². The number of aryl methyl sites for hydroxylation is 2. The first-order valence-corrected chi connectivity index (χ1v) is 3.97. The van der Waals surface area contributed by atoms with E-state index in [0.717, 1.165) is 5.56 Å². The summed E-state index contributed by atoms with van der Waals surface area (Å²) in [5.74, 6) is 0. The lowest BCUT2D eigenvalue weighted by atomic mass is 10.2. The number of rotatable bonds is 0. The van der Waals surface area contributed by atoms with Gasteiger partial charge in [-0.15, -0.1) is 0 Å². The zero-order valence-corrected chi connectivity index (χ0v) is 7.48. The van der Waals surface area contributed by atoms with E-state index in [1.54, 1.807) is 13.2 Å². The number of hydrogen-bond acceptors (Lipinski definition) is 3. The third-order valence-electron chi connectivity index (χ3n) is 2.03. The SMILES string of the molecule is Cc1ccnc2ncn(C)c(=O)c12. The van der Waals surface area contributed by atoms with Crippen LogP contribution in [-0.4, -0.2) is 14.5 Å². The molecule has 4 heteroatoms. The van der Waals surface area contributed by atoms with Gasteiger partial charge in [0.1, 0.15) is 0 Å². The van der Waals surface area contributed by atoms with Gasteiger partial charge in [-0.2, -0.15) is 0 Å². The maximum absolute atomic E-state index is 11.6. The maximum atomic E-state index is 11.6. The molecule has 0 bridgehead atoms. The summed E-state index contributed by atoms with van der Waals surface area (Å²) in [6, 6.07) is 1.81. The zero-order chi connectivity index (χ0) is 9.42. The molecule has 2 aromatic heterocycles. The van der Waals surface area contributed by atoms with Gasteiger partial charge in [-0.1, -0.05) is 0 Å². The lowest BCUT2D eigenvalue weighted by Crippen LogP contribution is -2.18. The van der Waals surface area contributed by atoms with E-state index in [-0.39, 0.29) is 5.56 Å². The summed E-state index contributed by atoms with van der Waals surface area (Å²) in [6.45, 7) is 1.88. The number of pyridine rings is 1. The summed E-state index contributed by atoms with van der Waals surface area (Å²) in [5, 5.41) is 0.604. The zero-order valence-electron chi connectivity index (χ0n) is 7.48. The van der Waals surface area contributed by atoms with E-state index in [1.165, 1.54) is 10.9 Å². The Bertz CT molecular complexity index is 516. The molecule has 2 aromatic rings. The van der Waals surface area contributed by atoms with Gasteiger partial charge in [0.25, 0.3) is 5.56 Å². The standard InChI is InChI=1S/C9H9N3O/c1-6-3-4-10-8-7(6)9(13)12(2)5-11-8/h3-5H,1-2H3. The minimum absolute atomic E-state index is 0.0457. The van der Waals surface area contributed by atoms with Crippen molar-refractivity contribution in [3.05, 3.63) is 34.5 Å². The predicted octanol–water partition coefficient (Wildman–Crippen LogP) is 0.637. The van der Waals surface area contributed by atoms with Crippen molar-refractivity contribution in [2.75, 3.05) is 0 Å². The lowest BCUT2D eigenvalue weighted by Gasteiger charge is -2.00. The van der Waals surface area contributed by atoms with E-state index in [1.807, 2.05) is 13.0 Å². The number of nitrogens with zero attached hydrogens (tertiary/aromatic N) is 3. The van der Waals surface area contributed by atoms with Gasteiger partial charge in [0, 0.05) is 13.2 Å². The van der Waals surface area contributed by atoms with Crippen LogP contribution in [-0.2, 0) is 7.05 Å². The smallest absolute Gasteiger partial charge is 0.262 e. The first kappa shape index (κ1) is 7.91. The second-order valence-corrected chi connectivity index (χ2v) is 2.99. The van der Waals surface area contributed by atoms with Crippen LogP contribution in [0.3, 0.4) is 0 Å². The molecular weight excluding hydrogens is 166 g/mol. The summed E-state index contributed by atoms with van der Waals surface area (Å²) >= 11 is 0. The van der Waals surface area contributed by atoms with Gasteiger partial charge in [-0.3, -0.25) is 4.79 Å². The van der Waals surface area contributed by atoms with Crippen LogP contribution in [0.1, 0.15) is 5.56 Å². The van der Waals surface area contributed by atoms with E-state index in [4.69, 9.17) is 0 Å². The molecule has 0 spiro atoms. The summed E-state index contributed by atoms with van der Waals surface area (Å²) in [5.41, 5.74) is 1.39. The quantitative estimate of drug-likeness (QED) is 0.590. The second kappa shape index (κ2) is 2.65. The minimum atomic E-state index is -0.0457. The first-order valence-electron chi connectivity index (χ1n) is 3.97. The van der Waals surface area contributed by atoms with E-state index >= 15 is 0 Å². The van der Waals surface area contributed by atoms with Crippen LogP contribution < -0.4 is 5.56 Å². The molecule has 0 aliphatic heterocycles. The average Bonchev–Trinajstić information content (AvgIpc) is 2.12. The van der Waals surface area contributed by atoms with Crippen LogP contribution >= 0.6 is 0 Å². The molecule has 0 aromatic carbocycles. The molecular formula is C9H9N3O. The number of aromatic nitrogens is 3. The Morgan fingerprint density at radius 1 is 1.38 bits per heavy atom. The molecule has 0 atom stereocenters. The van der Waals surface area contributed by atoms with Crippen LogP contribution in [0.15, 0.2) is 23.4 Å². The Hall–Kier alpha value is -1.71. The van der Waals surface area contributed by atoms with Crippen molar-refractivity contribution < 1.29 is 0 Å². The van der Waals surface area contributed by atoms with Crippen LogP contribution in [0.2, 0.25) is 0 Å². The molecule has 0 saturated carbocycles. The molecule has 0 saturated heterocycles. The van der Waals surface area contributed by atoms with Crippen molar-refractivity contribution in [1.29, 1.82) is 0 Å². The molecule has 0 unspecified atom stereocenters.